The minimum absolute atomic E-state index is 0.0426. The zero-order valence-corrected chi connectivity index (χ0v) is 13.2. The van der Waals surface area contributed by atoms with E-state index in [9.17, 15) is 9.59 Å². The lowest BCUT2D eigenvalue weighted by atomic mass is 10.1. The highest BCUT2D eigenvalue weighted by atomic mass is 16.5. The van der Waals surface area contributed by atoms with E-state index in [1.807, 2.05) is 12.1 Å². The maximum Gasteiger partial charge on any atom is 0.326 e. The Morgan fingerprint density at radius 1 is 1.32 bits per heavy atom. The molecule has 0 saturated heterocycles. The molecule has 1 aliphatic rings. The number of methoxy groups -OCH3 is 2. The van der Waals surface area contributed by atoms with E-state index in [0.29, 0.717) is 12.2 Å². The molecule has 6 heteroatoms. The Hall–Kier alpha value is -2.24. The number of rotatable bonds is 6. The molecule has 3 unspecified atom stereocenters. The third-order valence-corrected chi connectivity index (χ3v) is 4.23. The second-order valence-corrected chi connectivity index (χ2v) is 5.52. The number of carbonyl (C=O) groups is 2. The minimum atomic E-state index is -1.01. The molecule has 22 heavy (non-hydrogen) atoms. The van der Waals surface area contributed by atoms with Gasteiger partial charge in [-0.1, -0.05) is 0 Å². The van der Waals surface area contributed by atoms with Crippen molar-refractivity contribution in [3.05, 3.63) is 23.8 Å². The second kappa shape index (κ2) is 6.25. The molecular weight excluding hydrogens is 286 g/mol. The van der Waals surface area contributed by atoms with Gasteiger partial charge >= 0.3 is 5.97 Å². The van der Waals surface area contributed by atoms with Gasteiger partial charge in [-0.15, -0.1) is 0 Å². The summed E-state index contributed by atoms with van der Waals surface area (Å²) in [6, 6.07) is 4.66. The van der Waals surface area contributed by atoms with Gasteiger partial charge in [-0.05, 0) is 31.5 Å². The summed E-state index contributed by atoms with van der Waals surface area (Å²) >= 11 is 0. The zero-order chi connectivity index (χ0) is 16.4. The molecule has 2 rings (SSSR count). The van der Waals surface area contributed by atoms with Crippen LogP contribution in [0.15, 0.2) is 18.2 Å². The number of hydrogen-bond donors (Lipinski definition) is 1. The zero-order valence-electron chi connectivity index (χ0n) is 13.2. The van der Waals surface area contributed by atoms with Crippen LogP contribution < -0.4 is 9.47 Å². The number of amides is 1. The molecule has 1 saturated carbocycles. The van der Waals surface area contributed by atoms with Crippen LogP contribution in [0.2, 0.25) is 0 Å². The average Bonchev–Trinajstić information content (AvgIpc) is 3.32. The molecule has 3 atom stereocenters. The standard InChI is InChI=1S/C16H21NO5/c1-9(16(19)20)17(2)15(18)13-8-11(13)12-7-10(21-3)5-6-14(12)22-4/h5-7,9,11,13H,8H2,1-4H3,(H,19,20). The van der Waals surface area contributed by atoms with Gasteiger partial charge in [0.1, 0.15) is 17.5 Å². The molecule has 1 aromatic carbocycles. The van der Waals surface area contributed by atoms with E-state index in [1.165, 1.54) is 18.9 Å². The Morgan fingerprint density at radius 3 is 2.55 bits per heavy atom. The van der Waals surface area contributed by atoms with Crippen LogP contribution in [-0.4, -0.2) is 49.2 Å². The van der Waals surface area contributed by atoms with Crippen molar-refractivity contribution in [3.8, 4) is 11.5 Å². The van der Waals surface area contributed by atoms with Crippen molar-refractivity contribution in [2.45, 2.75) is 25.3 Å². The fraction of sp³-hybridized carbons (Fsp3) is 0.500. The quantitative estimate of drug-likeness (QED) is 0.866. The largest absolute Gasteiger partial charge is 0.497 e. The number of benzene rings is 1. The summed E-state index contributed by atoms with van der Waals surface area (Å²) in [5, 5.41) is 9.01. The smallest absolute Gasteiger partial charge is 0.326 e. The summed E-state index contributed by atoms with van der Waals surface area (Å²) in [5.74, 6) is 0.113. The van der Waals surface area contributed by atoms with Gasteiger partial charge < -0.3 is 19.5 Å². The molecule has 1 aromatic rings. The lowest BCUT2D eigenvalue weighted by molar-refractivity contribution is -0.148. The van der Waals surface area contributed by atoms with Gasteiger partial charge in [0.05, 0.1) is 14.2 Å². The van der Waals surface area contributed by atoms with Gasteiger partial charge in [-0.2, -0.15) is 0 Å². The number of carboxylic acids is 1. The summed E-state index contributed by atoms with van der Waals surface area (Å²) in [7, 11) is 4.70. The van der Waals surface area contributed by atoms with Crippen LogP contribution >= 0.6 is 0 Å². The lowest BCUT2D eigenvalue weighted by Gasteiger charge is -2.21. The molecule has 0 spiro atoms. The third kappa shape index (κ3) is 3.00. The molecule has 1 N–H and O–H groups in total. The van der Waals surface area contributed by atoms with E-state index < -0.39 is 12.0 Å². The molecule has 0 radical (unpaired) electrons. The lowest BCUT2D eigenvalue weighted by Crippen LogP contribution is -2.41. The number of hydrogen-bond acceptors (Lipinski definition) is 4. The summed E-state index contributed by atoms with van der Waals surface area (Å²) in [6.45, 7) is 1.50. The fourth-order valence-corrected chi connectivity index (χ4v) is 2.56. The van der Waals surface area contributed by atoms with Crippen LogP contribution in [0.5, 0.6) is 11.5 Å². The van der Waals surface area contributed by atoms with Crippen molar-refractivity contribution >= 4 is 11.9 Å². The Morgan fingerprint density at radius 2 is 2.00 bits per heavy atom. The molecule has 1 fully saturated rings. The number of carbonyl (C=O) groups excluding carboxylic acids is 1. The normalized spacial score (nSPS) is 20.9. The number of nitrogens with zero attached hydrogens (tertiary/aromatic N) is 1. The van der Waals surface area contributed by atoms with Gasteiger partial charge in [0.15, 0.2) is 0 Å². The molecule has 1 aliphatic carbocycles. The minimum Gasteiger partial charge on any atom is -0.497 e. The Bertz CT molecular complexity index is 586. The van der Waals surface area contributed by atoms with E-state index >= 15 is 0 Å². The number of carboxylic acid groups (broad SMARTS) is 1. The summed E-state index contributed by atoms with van der Waals surface area (Å²) in [6.07, 6.45) is 0.693. The van der Waals surface area contributed by atoms with Crippen LogP contribution in [0, 0.1) is 5.92 Å². The van der Waals surface area contributed by atoms with E-state index in [4.69, 9.17) is 14.6 Å². The van der Waals surface area contributed by atoms with Crippen molar-refractivity contribution < 1.29 is 24.2 Å². The second-order valence-electron chi connectivity index (χ2n) is 5.52. The Kier molecular flexibility index (Phi) is 4.59. The molecule has 6 nitrogen and oxygen atoms in total. The Balaban J connectivity index is 2.15. The van der Waals surface area contributed by atoms with Gasteiger partial charge in [0, 0.05) is 24.4 Å². The first-order valence-electron chi connectivity index (χ1n) is 7.12. The summed E-state index contributed by atoms with van der Waals surface area (Å²) < 4.78 is 10.6. The molecule has 120 valence electrons. The average molecular weight is 307 g/mol. The van der Waals surface area contributed by atoms with Crippen molar-refractivity contribution in [3.63, 3.8) is 0 Å². The molecule has 0 bridgehead atoms. The van der Waals surface area contributed by atoms with Gasteiger partial charge in [0.25, 0.3) is 0 Å². The summed E-state index contributed by atoms with van der Waals surface area (Å²) in [4.78, 5) is 24.7. The first kappa shape index (κ1) is 16.1. The van der Waals surface area contributed by atoms with Crippen molar-refractivity contribution in [1.29, 1.82) is 0 Å². The van der Waals surface area contributed by atoms with Crippen LogP contribution in [0.25, 0.3) is 0 Å². The van der Waals surface area contributed by atoms with Crippen molar-refractivity contribution in [1.82, 2.24) is 4.90 Å². The first-order valence-corrected chi connectivity index (χ1v) is 7.12. The van der Waals surface area contributed by atoms with Gasteiger partial charge in [-0.3, -0.25) is 4.79 Å². The first-order chi connectivity index (χ1) is 10.4. The maximum atomic E-state index is 12.4. The SMILES string of the molecule is COc1ccc(OC)c(C2CC2C(=O)N(C)C(C)C(=O)O)c1. The van der Waals surface area contributed by atoms with Crippen molar-refractivity contribution in [2.75, 3.05) is 21.3 Å². The maximum absolute atomic E-state index is 12.4. The Labute approximate surface area is 129 Å². The molecule has 0 heterocycles. The van der Waals surface area contributed by atoms with E-state index in [0.717, 1.165) is 11.3 Å². The number of likely N-dealkylation sites (N-methyl/N-ethyl adjacent to an activating group) is 1. The highest BCUT2D eigenvalue weighted by molar-refractivity contribution is 5.87. The highest BCUT2D eigenvalue weighted by Gasteiger charge is 2.47. The molecule has 0 aromatic heterocycles. The monoisotopic (exact) mass is 307 g/mol. The summed E-state index contributed by atoms with van der Waals surface area (Å²) in [5.41, 5.74) is 0.927. The van der Waals surface area contributed by atoms with Gasteiger partial charge in [0.2, 0.25) is 5.91 Å². The number of ether oxygens (including phenoxy) is 2. The topological polar surface area (TPSA) is 76.1 Å². The highest BCUT2D eigenvalue weighted by Crippen LogP contribution is 2.52. The van der Waals surface area contributed by atoms with E-state index in [1.54, 1.807) is 20.3 Å². The van der Waals surface area contributed by atoms with Crippen LogP contribution in [-0.2, 0) is 9.59 Å². The molecular formula is C16H21NO5. The van der Waals surface area contributed by atoms with Crippen LogP contribution in [0.3, 0.4) is 0 Å². The van der Waals surface area contributed by atoms with E-state index in [-0.39, 0.29) is 17.7 Å². The van der Waals surface area contributed by atoms with Crippen molar-refractivity contribution in [2.24, 2.45) is 5.92 Å². The number of aliphatic carboxylic acids is 1. The third-order valence-electron chi connectivity index (χ3n) is 4.23. The predicted octanol–water partition coefficient (Wildman–Crippen LogP) is 1.74. The van der Waals surface area contributed by atoms with E-state index in [2.05, 4.69) is 0 Å². The predicted molar refractivity (Wildman–Crippen MR) is 80.3 cm³/mol. The van der Waals surface area contributed by atoms with Gasteiger partial charge in [-0.25, -0.2) is 4.79 Å². The molecule has 1 amide bonds. The van der Waals surface area contributed by atoms with Crippen LogP contribution in [0.1, 0.15) is 24.8 Å². The molecule has 0 aliphatic heterocycles. The fourth-order valence-electron chi connectivity index (χ4n) is 2.56. The van der Waals surface area contributed by atoms with Crippen LogP contribution in [0.4, 0.5) is 0 Å².